The number of carbonyl (C=O) groups excluding carboxylic acids is 3. The zero-order valence-electron chi connectivity index (χ0n) is 37.5. The number of esters is 3. The first-order valence-corrected chi connectivity index (χ1v) is 23.0. The maximum Gasteiger partial charge on any atom is 0.306 e. The Labute approximate surface area is 361 Å². The molecule has 0 fully saturated rings. The van der Waals surface area contributed by atoms with Gasteiger partial charge in [-0.2, -0.15) is 0 Å². The van der Waals surface area contributed by atoms with E-state index in [1.807, 2.05) is 0 Å². The molecule has 0 heterocycles. The van der Waals surface area contributed by atoms with Crippen molar-refractivity contribution in [2.75, 3.05) is 13.2 Å². The summed E-state index contributed by atoms with van der Waals surface area (Å²) in [6.07, 6.45) is 63.5. The predicted octanol–water partition coefficient (Wildman–Crippen LogP) is 15.0. The van der Waals surface area contributed by atoms with Gasteiger partial charge in [0, 0.05) is 19.3 Å². The predicted molar refractivity (Wildman–Crippen MR) is 251 cm³/mol. The number of rotatable bonds is 39. The number of allylic oxidation sites excluding steroid dienone is 20. The molecule has 0 radical (unpaired) electrons. The van der Waals surface area contributed by atoms with Gasteiger partial charge in [0.1, 0.15) is 13.2 Å². The molecule has 0 saturated heterocycles. The van der Waals surface area contributed by atoms with Crippen LogP contribution in [0.4, 0.5) is 0 Å². The van der Waals surface area contributed by atoms with E-state index in [1.54, 1.807) is 0 Å². The van der Waals surface area contributed by atoms with Gasteiger partial charge in [-0.15, -0.1) is 0 Å². The highest BCUT2D eigenvalue weighted by atomic mass is 16.6. The zero-order valence-corrected chi connectivity index (χ0v) is 37.5. The summed E-state index contributed by atoms with van der Waals surface area (Å²) >= 11 is 0. The van der Waals surface area contributed by atoms with Crippen molar-refractivity contribution in [3.8, 4) is 0 Å². The topological polar surface area (TPSA) is 78.9 Å². The fraction of sp³-hybridized carbons (Fsp3) is 0.566. The van der Waals surface area contributed by atoms with E-state index in [-0.39, 0.29) is 44.0 Å². The van der Waals surface area contributed by atoms with Crippen LogP contribution in [0.2, 0.25) is 0 Å². The molecule has 0 aliphatic heterocycles. The third-order valence-corrected chi connectivity index (χ3v) is 8.96. The summed E-state index contributed by atoms with van der Waals surface area (Å²) in [6.45, 7) is 6.23. The molecular weight excluding hydrogens is 733 g/mol. The van der Waals surface area contributed by atoms with Crippen molar-refractivity contribution in [1.29, 1.82) is 0 Å². The Bertz CT molecular complexity index is 1220. The average molecular weight is 815 g/mol. The van der Waals surface area contributed by atoms with Crippen LogP contribution in [-0.4, -0.2) is 37.2 Å². The Morgan fingerprint density at radius 1 is 0.356 bits per heavy atom. The molecule has 0 saturated carbocycles. The number of ether oxygens (including phenoxy) is 3. The number of hydrogen-bond acceptors (Lipinski definition) is 6. The molecule has 0 aromatic heterocycles. The van der Waals surface area contributed by atoms with Gasteiger partial charge in [-0.25, -0.2) is 0 Å². The van der Waals surface area contributed by atoms with Crippen LogP contribution in [0.25, 0.3) is 0 Å². The lowest BCUT2D eigenvalue weighted by Gasteiger charge is -2.18. The Balaban J connectivity index is 4.48. The minimum atomic E-state index is -0.822. The lowest BCUT2D eigenvalue weighted by Crippen LogP contribution is -2.30. The summed E-state index contributed by atoms with van der Waals surface area (Å²) in [5.41, 5.74) is 0. The van der Waals surface area contributed by atoms with Crippen LogP contribution in [-0.2, 0) is 28.6 Å². The van der Waals surface area contributed by atoms with Crippen molar-refractivity contribution in [2.24, 2.45) is 0 Å². The maximum atomic E-state index is 12.6. The summed E-state index contributed by atoms with van der Waals surface area (Å²) in [5.74, 6) is -1.06. The molecular formula is C53H82O6. The van der Waals surface area contributed by atoms with E-state index >= 15 is 0 Å². The molecule has 6 nitrogen and oxygen atoms in total. The zero-order chi connectivity index (χ0) is 43.0. The van der Waals surface area contributed by atoms with E-state index in [4.69, 9.17) is 14.2 Å². The SMILES string of the molecule is CC/C=C\C/C=C\C/C=C\C/C=C\C/C=C\CCCC(=O)OCC(COC(=O)CCC/C=C\C/C=C\C/C=C\C/C=C\C/C=C\CC)OC(=O)CCCCCCCCC. The molecule has 0 aromatic rings. The Morgan fingerprint density at radius 2 is 0.661 bits per heavy atom. The van der Waals surface area contributed by atoms with E-state index < -0.39 is 6.10 Å². The summed E-state index contributed by atoms with van der Waals surface area (Å²) in [5, 5.41) is 0. The molecule has 0 amide bonds. The highest BCUT2D eigenvalue weighted by Gasteiger charge is 2.19. The van der Waals surface area contributed by atoms with Gasteiger partial charge in [-0.1, -0.05) is 181 Å². The normalized spacial score (nSPS) is 12.7. The summed E-state index contributed by atoms with van der Waals surface area (Å²) in [6, 6.07) is 0. The lowest BCUT2D eigenvalue weighted by atomic mass is 10.1. The van der Waals surface area contributed by atoms with E-state index in [0.29, 0.717) is 19.3 Å². The lowest BCUT2D eigenvalue weighted by molar-refractivity contribution is -0.167. The van der Waals surface area contributed by atoms with Crippen molar-refractivity contribution in [3.05, 3.63) is 122 Å². The molecule has 0 bridgehead atoms. The van der Waals surface area contributed by atoms with Crippen molar-refractivity contribution in [1.82, 2.24) is 0 Å². The van der Waals surface area contributed by atoms with Crippen LogP contribution >= 0.6 is 0 Å². The minimum Gasteiger partial charge on any atom is -0.462 e. The monoisotopic (exact) mass is 815 g/mol. The maximum absolute atomic E-state index is 12.6. The van der Waals surface area contributed by atoms with Gasteiger partial charge < -0.3 is 14.2 Å². The fourth-order valence-corrected chi connectivity index (χ4v) is 5.57. The second-order valence-corrected chi connectivity index (χ2v) is 14.5. The van der Waals surface area contributed by atoms with Gasteiger partial charge in [-0.05, 0) is 96.3 Å². The van der Waals surface area contributed by atoms with Crippen LogP contribution in [0.1, 0.15) is 175 Å². The van der Waals surface area contributed by atoms with Crippen molar-refractivity contribution in [3.63, 3.8) is 0 Å². The first kappa shape index (κ1) is 54.8. The molecule has 0 unspecified atom stereocenters. The Kier molecular flexibility index (Phi) is 43.2. The highest BCUT2D eigenvalue weighted by molar-refractivity contribution is 5.71. The minimum absolute atomic E-state index is 0.128. The van der Waals surface area contributed by atoms with Crippen molar-refractivity contribution in [2.45, 2.75) is 181 Å². The van der Waals surface area contributed by atoms with Gasteiger partial charge in [-0.3, -0.25) is 14.4 Å². The quantitative estimate of drug-likeness (QED) is 0.0266. The van der Waals surface area contributed by atoms with Gasteiger partial charge >= 0.3 is 17.9 Å². The van der Waals surface area contributed by atoms with E-state index in [2.05, 4.69) is 142 Å². The molecule has 0 spiro atoms. The van der Waals surface area contributed by atoms with Crippen LogP contribution < -0.4 is 0 Å². The van der Waals surface area contributed by atoms with Crippen LogP contribution in [0, 0.1) is 0 Å². The van der Waals surface area contributed by atoms with Crippen LogP contribution in [0.3, 0.4) is 0 Å². The molecule has 0 aliphatic rings. The second-order valence-electron chi connectivity index (χ2n) is 14.5. The third kappa shape index (κ3) is 44.8. The van der Waals surface area contributed by atoms with Crippen molar-refractivity contribution < 1.29 is 28.6 Å². The number of unbranched alkanes of at least 4 members (excludes halogenated alkanes) is 8. The van der Waals surface area contributed by atoms with E-state index in [1.165, 1.54) is 25.7 Å². The van der Waals surface area contributed by atoms with Gasteiger partial charge in [0.2, 0.25) is 0 Å². The van der Waals surface area contributed by atoms with E-state index in [9.17, 15) is 14.4 Å². The molecule has 0 N–H and O–H groups in total. The third-order valence-electron chi connectivity index (χ3n) is 8.96. The van der Waals surface area contributed by atoms with Gasteiger partial charge in [0.25, 0.3) is 0 Å². The molecule has 0 aromatic carbocycles. The van der Waals surface area contributed by atoms with Crippen LogP contribution in [0.5, 0.6) is 0 Å². The average Bonchev–Trinajstić information content (AvgIpc) is 3.23. The standard InChI is InChI=1S/C53H82O6/c1-4-7-10-13-16-18-20-22-24-26-28-30-32-34-37-39-42-45-51(54)57-48-50(59-53(56)47-44-41-36-15-12-9-6-3)49-58-52(55)46-43-40-38-35-33-31-29-27-25-23-21-19-17-14-11-8-5-2/h7-8,10-11,16-19,22-25,28-31,34-35,37-38,50H,4-6,9,12-15,20-21,26-27,32-33,36,39-49H2,1-3H3/b10-7-,11-8-,18-16-,19-17-,24-22-,25-23-,30-28-,31-29-,37-34-,38-35-. The Morgan fingerprint density at radius 3 is 1.02 bits per heavy atom. The molecule has 330 valence electrons. The smallest absolute Gasteiger partial charge is 0.306 e. The number of hydrogen-bond donors (Lipinski definition) is 0. The largest absolute Gasteiger partial charge is 0.462 e. The van der Waals surface area contributed by atoms with Crippen LogP contribution in [0.15, 0.2) is 122 Å². The first-order valence-electron chi connectivity index (χ1n) is 23.0. The fourth-order valence-electron chi connectivity index (χ4n) is 5.57. The summed E-state index contributed by atoms with van der Waals surface area (Å²) in [7, 11) is 0. The molecule has 59 heavy (non-hydrogen) atoms. The molecule has 6 heteroatoms. The first-order chi connectivity index (χ1) is 29.0. The van der Waals surface area contributed by atoms with E-state index in [0.717, 1.165) is 96.3 Å². The molecule has 0 rings (SSSR count). The van der Waals surface area contributed by atoms with Gasteiger partial charge in [0.05, 0.1) is 0 Å². The van der Waals surface area contributed by atoms with Gasteiger partial charge in [0.15, 0.2) is 6.10 Å². The highest BCUT2D eigenvalue weighted by Crippen LogP contribution is 2.11. The van der Waals surface area contributed by atoms with Crippen molar-refractivity contribution >= 4 is 17.9 Å². The Hall–Kier alpha value is -4.19. The second kappa shape index (κ2) is 46.5. The molecule has 0 aliphatic carbocycles. The summed E-state index contributed by atoms with van der Waals surface area (Å²) in [4.78, 5) is 37.6. The number of carbonyl (C=O) groups is 3. The molecule has 0 atom stereocenters. The summed E-state index contributed by atoms with van der Waals surface area (Å²) < 4.78 is 16.6.